The van der Waals surface area contributed by atoms with Gasteiger partial charge in [0.15, 0.2) is 0 Å². The van der Waals surface area contributed by atoms with E-state index in [2.05, 4.69) is 41.5 Å². The van der Waals surface area contributed by atoms with E-state index in [0.717, 1.165) is 38.5 Å². The first-order chi connectivity index (χ1) is 8.73. The monoisotopic (exact) mass is 379 g/mol. The SMILES string of the molecule is CC[C](N)(CC)[Sb]([C](N)(CC)CC)[C](N)(CC)CC. The van der Waals surface area contributed by atoms with E-state index in [9.17, 15) is 0 Å². The van der Waals surface area contributed by atoms with Crippen molar-refractivity contribution in [3.8, 4) is 0 Å². The molecule has 19 heavy (non-hydrogen) atoms. The van der Waals surface area contributed by atoms with Crippen LogP contribution in [-0.4, -0.2) is 30.7 Å². The molecule has 0 saturated heterocycles. The van der Waals surface area contributed by atoms with E-state index in [1.807, 2.05) is 0 Å². The van der Waals surface area contributed by atoms with Gasteiger partial charge in [0.05, 0.1) is 0 Å². The summed E-state index contributed by atoms with van der Waals surface area (Å²) in [6.07, 6.45) is 6.02. The first-order valence-corrected chi connectivity index (χ1v) is 11.7. The topological polar surface area (TPSA) is 78.1 Å². The summed E-state index contributed by atoms with van der Waals surface area (Å²) in [7, 11) is 0. The Morgan fingerprint density at radius 1 is 0.526 bits per heavy atom. The molecule has 0 aromatic rings. The van der Waals surface area contributed by atoms with E-state index in [1.165, 1.54) is 0 Å². The van der Waals surface area contributed by atoms with Gasteiger partial charge in [-0.1, -0.05) is 0 Å². The van der Waals surface area contributed by atoms with Gasteiger partial charge in [0, 0.05) is 0 Å². The fourth-order valence-corrected chi connectivity index (χ4v) is 16.0. The Kier molecular flexibility index (Phi) is 7.91. The van der Waals surface area contributed by atoms with Crippen molar-refractivity contribution in [2.45, 2.75) is 90.5 Å². The molecule has 116 valence electrons. The quantitative estimate of drug-likeness (QED) is 0.539. The number of rotatable bonds is 9. The van der Waals surface area contributed by atoms with Crippen LogP contribution in [0.2, 0.25) is 0 Å². The minimum absolute atomic E-state index is 0.0929. The van der Waals surface area contributed by atoms with Crippen LogP contribution >= 0.6 is 0 Å². The van der Waals surface area contributed by atoms with Gasteiger partial charge in [0.25, 0.3) is 0 Å². The van der Waals surface area contributed by atoms with Gasteiger partial charge < -0.3 is 0 Å². The molecule has 0 aromatic carbocycles. The van der Waals surface area contributed by atoms with Gasteiger partial charge >= 0.3 is 128 Å². The van der Waals surface area contributed by atoms with Gasteiger partial charge in [0.1, 0.15) is 0 Å². The Morgan fingerprint density at radius 3 is 0.789 bits per heavy atom. The van der Waals surface area contributed by atoms with Gasteiger partial charge in [-0.2, -0.15) is 0 Å². The predicted molar refractivity (Wildman–Crippen MR) is 88.3 cm³/mol. The molecule has 3 nitrogen and oxygen atoms in total. The van der Waals surface area contributed by atoms with Crippen molar-refractivity contribution < 1.29 is 0 Å². The van der Waals surface area contributed by atoms with Crippen molar-refractivity contribution in [1.82, 2.24) is 0 Å². The summed E-state index contributed by atoms with van der Waals surface area (Å²) in [5, 5.41) is 0. The van der Waals surface area contributed by atoms with E-state index >= 15 is 0 Å². The molecule has 0 aliphatic rings. The predicted octanol–water partition coefficient (Wildman–Crippen LogP) is 2.65. The summed E-state index contributed by atoms with van der Waals surface area (Å²) in [4.78, 5) is 0. The maximum absolute atomic E-state index is 6.84. The maximum atomic E-state index is 6.84. The molecule has 0 heterocycles. The van der Waals surface area contributed by atoms with Gasteiger partial charge in [-0.3, -0.25) is 0 Å². The van der Waals surface area contributed by atoms with Crippen LogP contribution < -0.4 is 17.2 Å². The molecule has 0 atom stereocenters. The molecule has 0 aliphatic heterocycles. The second kappa shape index (κ2) is 7.63. The normalized spacial score (nSPS) is 14.2. The fourth-order valence-electron chi connectivity index (χ4n) is 3.03. The number of nitrogens with two attached hydrogens (primary N) is 3. The second-order valence-electron chi connectivity index (χ2n) is 5.77. The Balaban J connectivity index is 5.88. The Bertz CT molecular complexity index is 213. The molecule has 0 bridgehead atoms. The van der Waals surface area contributed by atoms with E-state index in [-0.39, 0.29) is 10.5 Å². The van der Waals surface area contributed by atoms with Gasteiger partial charge in [-0.25, -0.2) is 0 Å². The zero-order valence-electron chi connectivity index (χ0n) is 13.9. The van der Waals surface area contributed by atoms with E-state index in [1.54, 1.807) is 0 Å². The van der Waals surface area contributed by atoms with E-state index in [0.29, 0.717) is 0 Å². The molecule has 4 heteroatoms. The van der Waals surface area contributed by atoms with Crippen molar-refractivity contribution in [3.05, 3.63) is 0 Å². The molecule has 0 amide bonds. The summed E-state index contributed by atoms with van der Waals surface area (Å²) >= 11 is -2.15. The molecule has 0 rings (SSSR count). The minimum atomic E-state index is -2.15. The number of hydrogen-bond donors (Lipinski definition) is 3. The van der Waals surface area contributed by atoms with Crippen LogP contribution in [0.3, 0.4) is 0 Å². The molecule has 0 spiro atoms. The van der Waals surface area contributed by atoms with E-state index < -0.39 is 20.2 Å². The molecular weight excluding hydrogens is 344 g/mol. The van der Waals surface area contributed by atoms with Crippen LogP contribution in [0.15, 0.2) is 0 Å². The van der Waals surface area contributed by atoms with Crippen LogP contribution in [0, 0.1) is 0 Å². The van der Waals surface area contributed by atoms with Crippen molar-refractivity contribution in [2.24, 2.45) is 17.2 Å². The molecule has 6 N–H and O–H groups in total. The second-order valence-corrected chi connectivity index (χ2v) is 15.3. The molecular formula is C15H36N3Sb. The zero-order chi connectivity index (χ0) is 15.3. The van der Waals surface area contributed by atoms with Gasteiger partial charge in [0.2, 0.25) is 0 Å². The van der Waals surface area contributed by atoms with Crippen molar-refractivity contribution in [1.29, 1.82) is 0 Å². The van der Waals surface area contributed by atoms with Gasteiger partial charge in [-0.15, -0.1) is 0 Å². The third-order valence-corrected chi connectivity index (χ3v) is 18.1. The number of hydrogen-bond acceptors (Lipinski definition) is 3. The summed E-state index contributed by atoms with van der Waals surface area (Å²) in [6.45, 7) is 13.2. The Hall–Kier alpha value is 0.698. The average Bonchev–Trinajstić information content (AvgIpc) is 2.46. The molecule has 0 radical (unpaired) electrons. The Morgan fingerprint density at radius 2 is 0.684 bits per heavy atom. The molecule has 0 unspecified atom stereocenters. The molecule has 0 saturated carbocycles. The van der Waals surface area contributed by atoms with Crippen molar-refractivity contribution >= 4 is 20.2 Å². The summed E-state index contributed by atoms with van der Waals surface area (Å²) in [5.74, 6) is 0. The summed E-state index contributed by atoms with van der Waals surface area (Å²) in [5.41, 5.74) is 20.5. The zero-order valence-corrected chi connectivity index (χ0v) is 16.5. The van der Waals surface area contributed by atoms with Gasteiger partial charge in [-0.05, 0) is 0 Å². The van der Waals surface area contributed by atoms with Crippen molar-refractivity contribution in [2.75, 3.05) is 0 Å². The van der Waals surface area contributed by atoms with Crippen LogP contribution in [-0.2, 0) is 0 Å². The van der Waals surface area contributed by atoms with E-state index in [4.69, 9.17) is 17.2 Å². The first-order valence-electron chi connectivity index (χ1n) is 7.90. The molecule has 0 fully saturated rings. The van der Waals surface area contributed by atoms with Crippen LogP contribution in [0.4, 0.5) is 0 Å². The standard InChI is InChI=1S/3C5H12N.Sb/c3*1-3-5(6)4-2;/h3*3-4,6H2,1-2H3;. The Labute approximate surface area is 128 Å². The molecule has 0 aromatic heterocycles. The van der Waals surface area contributed by atoms with Crippen LogP contribution in [0.1, 0.15) is 80.1 Å². The average molecular weight is 380 g/mol. The summed E-state index contributed by atoms with van der Waals surface area (Å²) < 4.78 is -0.279. The fraction of sp³-hybridized carbons (Fsp3) is 1.00. The molecule has 0 aliphatic carbocycles. The van der Waals surface area contributed by atoms with Crippen LogP contribution in [0.25, 0.3) is 0 Å². The van der Waals surface area contributed by atoms with Crippen molar-refractivity contribution in [3.63, 3.8) is 0 Å². The van der Waals surface area contributed by atoms with Crippen LogP contribution in [0.5, 0.6) is 0 Å². The third kappa shape index (κ3) is 3.87. The third-order valence-electron chi connectivity index (χ3n) is 5.01. The first kappa shape index (κ1) is 19.7. The summed E-state index contributed by atoms with van der Waals surface area (Å²) in [6, 6.07) is 0.